The molecule has 88 valence electrons. The number of carbonyl (C=O) groups excluding carboxylic acids is 1. The van der Waals surface area contributed by atoms with E-state index in [2.05, 4.69) is 0 Å². The van der Waals surface area contributed by atoms with Gasteiger partial charge in [0.05, 0.1) is 0 Å². The number of aryl methyl sites for hydroxylation is 1. The molecule has 0 atom stereocenters. The van der Waals surface area contributed by atoms with Crippen LogP contribution in [0.25, 0.3) is 0 Å². The summed E-state index contributed by atoms with van der Waals surface area (Å²) in [6, 6.07) is 7.62. The summed E-state index contributed by atoms with van der Waals surface area (Å²) in [5.41, 5.74) is 6.66. The normalized spacial score (nSPS) is 10.1. The van der Waals surface area contributed by atoms with Crippen LogP contribution in [0.5, 0.6) is 5.75 Å². The van der Waals surface area contributed by atoms with Crippen LogP contribution in [0.4, 0.5) is 0 Å². The second-order valence-corrected chi connectivity index (χ2v) is 3.76. The Morgan fingerprint density at radius 1 is 1.31 bits per heavy atom. The standard InChI is InChI=1S/C13H19NO2/c1-2-4-13(15)16-12-8-6-11(7-9-12)5-3-10-14/h6-9H,2-5,10,14H2,1H3. The molecule has 0 saturated heterocycles. The highest BCUT2D eigenvalue weighted by molar-refractivity contribution is 5.72. The largest absolute Gasteiger partial charge is 0.427 e. The van der Waals surface area contributed by atoms with Crippen molar-refractivity contribution < 1.29 is 9.53 Å². The smallest absolute Gasteiger partial charge is 0.311 e. The van der Waals surface area contributed by atoms with E-state index in [0.29, 0.717) is 18.7 Å². The Morgan fingerprint density at radius 3 is 2.56 bits per heavy atom. The van der Waals surface area contributed by atoms with Crippen LogP contribution in [-0.4, -0.2) is 12.5 Å². The van der Waals surface area contributed by atoms with Gasteiger partial charge in [0.15, 0.2) is 0 Å². The van der Waals surface area contributed by atoms with Crippen molar-refractivity contribution in [1.29, 1.82) is 0 Å². The molecule has 16 heavy (non-hydrogen) atoms. The van der Waals surface area contributed by atoms with Gasteiger partial charge in [-0.1, -0.05) is 19.1 Å². The summed E-state index contributed by atoms with van der Waals surface area (Å²) in [6.45, 7) is 2.66. The van der Waals surface area contributed by atoms with Gasteiger partial charge in [-0.15, -0.1) is 0 Å². The topological polar surface area (TPSA) is 52.3 Å². The fourth-order valence-electron chi connectivity index (χ4n) is 1.42. The van der Waals surface area contributed by atoms with Gasteiger partial charge in [-0.05, 0) is 43.5 Å². The molecule has 3 nitrogen and oxygen atoms in total. The molecule has 0 saturated carbocycles. The predicted molar refractivity (Wildman–Crippen MR) is 64.4 cm³/mol. The van der Waals surface area contributed by atoms with E-state index in [9.17, 15) is 4.79 Å². The third-order valence-corrected chi connectivity index (χ3v) is 2.28. The molecular formula is C13H19NO2. The van der Waals surface area contributed by atoms with Crippen LogP contribution in [0.1, 0.15) is 31.7 Å². The Hall–Kier alpha value is -1.35. The van der Waals surface area contributed by atoms with Crippen molar-refractivity contribution in [3.05, 3.63) is 29.8 Å². The van der Waals surface area contributed by atoms with E-state index >= 15 is 0 Å². The first-order chi connectivity index (χ1) is 7.76. The molecule has 0 aliphatic rings. The fourth-order valence-corrected chi connectivity index (χ4v) is 1.42. The monoisotopic (exact) mass is 221 g/mol. The molecule has 2 N–H and O–H groups in total. The molecule has 0 radical (unpaired) electrons. The third-order valence-electron chi connectivity index (χ3n) is 2.28. The zero-order valence-corrected chi connectivity index (χ0v) is 9.74. The van der Waals surface area contributed by atoms with E-state index in [4.69, 9.17) is 10.5 Å². The molecule has 0 unspecified atom stereocenters. The van der Waals surface area contributed by atoms with Crippen LogP contribution in [0.15, 0.2) is 24.3 Å². The molecule has 0 aromatic heterocycles. The van der Waals surface area contributed by atoms with Crippen LogP contribution in [0.3, 0.4) is 0 Å². The third kappa shape index (κ3) is 4.45. The lowest BCUT2D eigenvalue weighted by atomic mass is 10.1. The molecule has 0 aliphatic heterocycles. The van der Waals surface area contributed by atoms with Crippen molar-refractivity contribution >= 4 is 5.97 Å². The Balaban J connectivity index is 2.47. The van der Waals surface area contributed by atoms with Crippen LogP contribution >= 0.6 is 0 Å². The summed E-state index contributed by atoms with van der Waals surface area (Å²) >= 11 is 0. The summed E-state index contributed by atoms with van der Waals surface area (Å²) in [5, 5.41) is 0. The van der Waals surface area contributed by atoms with E-state index in [1.165, 1.54) is 5.56 Å². The summed E-state index contributed by atoms with van der Waals surface area (Å²) in [5.74, 6) is 0.451. The summed E-state index contributed by atoms with van der Waals surface area (Å²) in [6.07, 6.45) is 3.23. The molecule has 0 heterocycles. The number of ether oxygens (including phenoxy) is 1. The lowest BCUT2D eigenvalue weighted by Crippen LogP contribution is -2.06. The maximum Gasteiger partial charge on any atom is 0.311 e. The van der Waals surface area contributed by atoms with Crippen LogP contribution in [0, 0.1) is 0 Å². The first-order valence-corrected chi connectivity index (χ1v) is 5.76. The zero-order chi connectivity index (χ0) is 11.8. The minimum Gasteiger partial charge on any atom is -0.427 e. The Labute approximate surface area is 96.6 Å². The van der Waals surface area contributed by atoms with Gasteiger partial charge in [-0.3, -0.25) is 4.79 Å². The van der Waals surface area contributed by atoms with Gasteiger partial charge in [-0.2, -0.15) is 0 Å². The van der Waals surface area contributed by atoms with Gasteiger partial charge in [-0.25, -0.2) is 0 Å². The number of benzene rings is 1. The number of hydrogen-bond donors (Lipinski definition) is 1. The van der Waals surface area contributed by atoms with Crippen LogP contribution in [-0.2, 0) is 11.2 Å². The van der Waals surface area contributed by atoms with Crippen LogP contribution in [0.2, 0.25) is 0 Å². The molecule has 0 fully saturated rings. The van der Waals surface area contributed by atoms with Crippen LogP contribution < -0.4 is 10.5 Å². The molecular weight excluding hydrogens is 202 g/mol. The predicted octanol–water partition coefficient (Wildman–Crippen LogP) is 2.28. The minimum absolute atomic E-state index is 0.169. The number of nitrogens with two attached hydrogens (primary N) is 1. The summed E-state index contributed by atoms with van der Waals surface area (Å²) in [7, 11) is 0. The molecule has 1 rings (SSSR count). The lowest BCUT2D eigenvalue weighted by Gasteiger charge is -2.04. The van der Waals surface area contributed by atoms with Crippen molar-refractivity contribution in [2.75, 3.05) is 6.54 Å². The van der Waals surface area contributed by atoms with Gasteiger partial charge >= 0.3 is 5.97 Å². The summed E-state index contributed by atoms with van der Waals surface area (Å²) in [4.78, 5) is 11.2. The first kappa shape index (κ1) is 12.7. The lowest BCUT2D eigenvalue weighted by molar-refractivity contribution is -0.134. The fraction of sp³-hybridized carbons (Fsp3) is 0.462. The second kappa shape index (κ2) is 7.01. The van der Waals surface area contributed by atoms with Crippen molar-refractivity contribution in [1.82, 2.24) is 0 Å². The van der Waals surface area contributed by atoms with E-state index < -0.39 is 0 Å². The quantitative estimate of drug-likeness (QED) is 0.592. The van der Waals surface area contributed by atoms with E-state index in [1.807, 2.05) is 31.2 Å². The average Bonchev–Trinajstić information content (AvgIpc) is 2.28. The number of esters is 1. The molecule has 0 aliphatic carbocycles. The Morgan fingerprint density at radius 2 is 2.00 bits per heavy atom. The van der Waals surface area contributed by atoms with Crippen molar-refractivity contribution in [3.8, 4) is 5.75 Å². The zero-order valence-electron chi connectivity index (χ0n) is 9.74. The Bertz CT molecular complexity index is 319. The Kier molecular flexibility index (Phi) is 5.57. The first-order valence-electron chi connectivity index (χ1n) is 5.76. The molecule has 0 spiro atoms. The minimum atomic E-state index is -0.169. The van der Waals surface area contributed by atoms with Crippen molar-refractivity contribution in [2.24, 2.45) is 5.73 Å². The summed E-state index contributed by atoms with van der Waals surface area (Å²) < 4.78 is 5.15. The van der Waals surface area contributed by atoms with Gasteiger partial charge in [0.1, 0.15) is 5.75 Å². The highest BCUT2D eigenvalue weighted by Crippen LogP contribution is 2.14. The SMILES string of the molecule is CCCC(=O)Oc1ccc(CCCN)cc1. The maximum atomic E-state index is 11.2. The highest BCUT2D eigenvalue weighted by Gasteiger charge is 2.02. The van der Waals surface area contributed by atoms with Crippen molar-refractivity contribution in [3.63, 3.8) is 0 Å². The molecule has 0 amide bonds. The van der Waals surface area contributed by atoms with Gasteiger partial charge < -0.3 is 10.5 Å². The van der Waals surface area contributed by atoms with Crippen molar-refractivity contribution in [2.45, 2.75) is 32.6 Å². The average molecular weight is 221 g/mol. The maximum absolute atomic E-state index is 11.2. The van der Waals surface area contributed by atoms with E-state index in [0.717, 1.165) is 19.3 Å². The van der Waals surface area contributed by atoms with E-state index in [-0.39, 0.29) is 5.97 Å². The number of rotatable bonds is 6. The highest BCUT2D eigenvalue weighted by atomic mass is 16.5. The number of carbonyl (C=O) groups is 1. The van der Waals surface area contributed by atoms with Gasteiger partial charge in [0.25, 0.3) is 0 Å². The van der Waals surface area contributed by atoms with E-state index in [1.54, 1.807) is 0 Å². The molecule has 1 aromatic carbocycles. The molecule has 3 heteroatoms. The second-order valence-electron chi connectivity index (χ2n) is 3.76. The number of hydrogen-bond acceptors (Lipinski definition) is 3. The van der Waals surface area contributed by atoms with Gasteiger partial charge in [0.2, 0.25) is 0 Å². The van der Waals surface area contributed by atoms with Gasteiger partial charge in [0, 0.05) is 6.42 Å². The molecule has 1 aromatic rings. The molecule has 0 bridgehead atoms.